The Kier molecular flexibility index (Phi) is 5.02. The SMILES string of the molecule is O=C(Nc1cccc(C(=O)N2CCNCC2c2cccnc2)c1)NC1CC1. The van der Waals surface area contributed by atoms with Crippen LogP contribution in [0.4, 0.5) is 10.5 Å². The van der Waals surface area contributed by atoms with E-state index in [4.69, 9.17) is 0 Å². The van der Waals surface area contributed by atoms with Crippen molar-refractivity contribution in [3.8, 4) is 0 Å². The van der Waals surface area contributed by atoms with Crippen molar-refractivity contribution in [2.45, 2.75) is 24.9 Å². The first-order valence-electron chi connectivity index (χ1n) is 9.30. The van der Waals surface area contributed by atoms with E-state index in [9.17, 15) is 9.59 Å². The van der Waals surface area contributed by atoms with Crippen molar-refractivity contribution in [2.75, 3.05) is 25.0 Å². The maximum absolute atomic E-state index is 13.2. The van der Waals surface area contributed by atoms with Gasteiger partial charge in [-0.1, -0.05) is 12.1 Å². The van der Waals surface area contributed by atoms with Crippen molar-refractivity contribution in [1.82, 2.24) is 20.5 Å². The summed E-state index contributed by atoms with van der Waals surface area (Å²) < 4.78 is 0. The van der Waals surface area contributed by atoms with E-state index in [1.165, 1.54) is 0 Å². The predicted octanol–water partition coefficient (Wildman–Crippen LogP) is 2.15. The van der Waals surface area contributed by atoms with Gasteiger partial charge in [-0.05, 0) is 42.7 Å². The number of pyridine rings is 1. The molecule has 1 atom stereocenters. The van der Waals surface area contributed by atoms with Gasteiger partial charge in [-0.15, -0.1) is 0 Å². The second-order valence-corrected chi connectivity index (χ2v) is 6.96. The molecule has 1 unspecified atom stereocenters. The van der Waals surface area contributed by atoms with E-state index < -0.39 is 0 Å². The Balaban J connectivity index is 1.50. The molecule has 0 radical (unpaired) electrons. The number of nitrogens with one attached hydrogen (secondary N) is 3. The maximum atomic E-state index is 13.2. The number of carbonyl (C=O) groups excluding carboxylic acids is 2. The average Bonchev–Trinajstić information content (AvgIpc) is 3.52. The second kappa shape index (κ2) is 7.75. The smallest absolute Gasteiger partial charge is 0.319 e. The van der Waals surface area contributed by atoms with Crippen LogP contribution in [-0.2, 0) is 0 Å². The predicted molar refractivity (Wildman–Crippen MR) is 103 cm³/mol. The molecule has 1 saturated heterocycles. The van der Waals surface area contributed by atoms with Gasteiger partial charge in [-0.3, -0.25) is 9.78 Å². The molecule has 27 heavy (non-hydrogen) atoms. The molecule has 2 aliphatic rings. The molecule has 1 aliphatic carbocycles. The number of nitrogens with zero attached hydrogens (tertiary/aromatic N) is 2. The van der Waals surface area contributed by atoms with E-state index in [2.05, 4.69) is 20.9 Å². The first-order valence-corrected chi connectivity index (χ1v) is 9.30. The number of hydrogen-bond donors (Lipinski definition) is 3. The number of amides is 3. The van der Waals surface area contributed by atoms with E-state index in [0.29, 0.717) is 24.3 Å². The number of piperazine rings is 1. The molecule has 2 heterocycles. The molecule has 4 rings (SSSR count). The summed E-state index contributed by atoms with van der Waals surface area (Å²) in [6.07, 6.45) is 5.60. The Bertz CT molecular complexity index is 822. The fraction of sp³-hybridized carbons (Fsp3) is 0.350. The summed E-state index contributed by atoms with van der Waals surface area (Å²) in [6.45, 7) is 2.07. The standard InChI is InChI=1S/C20H23N5O2/c26-19(25-10-9-22-13-18(25)15-4-2-8-21-12-15)14-3-1-5-17(11-14)24-20(27)23-16-6-7-16/h1-5,8,11-12,16,18,22H,6-7,9-10,13H2,(H2,23,24,27). The molecule has 2 aromatic rings. The summed E-state index contributed by atoms with van der Waals surface area (Å²) in [5.41, 5.74) is 2.19. The minimum Gasteiger partial charge on any atom is -0.335 e. The first kappa shape index (κ1) is 17.5. The summed E-state index contributed by atoms with van der Waals surface area (Å²) >= 11 is 0. The molecule has 7 nitrogen and oxygen atoms in total. The van der Waals surface area contributed by atoms with Crippen LogP contribution in [0.25, 0.3) is 0 Å². The summed E-state index contributed by atoms with van der Waals surface area (Å²) in [7, 11) is 0. The van der Waals surface area contributed by atoms with Crippen molar-refractivity contribution in [3.05, 3.63) is 59.9 Å². The highest BCUT2D eigenvalue weighted by Gasteiger charge is 2.29. The van der Waals surface area contributed by atoms with E-state index in [1.54, 1.807) is 36.7 Å². The van der Waals surface area contributed by atoms with Crippen LogP contribution in [0.3, 0.4) is 0 Å². The van der Waals surface area contributed by atoms with Crippen LogP contribution in [-0.4, -0.2) is 47.5 Å². The van der Waals surface area contributed by atoms with Crippen molar-refractivity contribution in [1.29, 1.82) is 0 Å². The van der Waals surface area contributed by atoms with Crippen LogP contribution in [0.15, 0.2) is 48.8 Å². The lowest BCUT2D eigenvalue weighted by Crippen LogP contribution is -2.48. The normalized spacial score (nSPS) is 19.4. The fourth-order valence-corrected chi connectivity index (χ4v) is 3.29. The highest BCUT2D eigenvalue weighted by molar-refractivity contribution is 5.97. The molecule has 7 heteroatoms. The van der Waals surface area contributed by atoms with Crippen LogP contribution in [0.1, 0.15) is 34.8 Å². The zero-order valence-corrected chi connectivity index (χ0v) is 15.0. The molecule has 140 valence electrons. The van der Waals surface area contributed by atoms with Gasteiger partial charge in [0.15, 0.2) is 0 Å². The molecule has 1 aromatic carbocycles. The van der Waals surface area contributed by atoms with Gasteiger partial charge >= 0.3 is 6.03 Å². The monoisotopic (exact) mass is 365 g/mol. The first-order chi connectivity index (χ1) is 13.2. The van der Waals surface area contributed by atoms with E-state index in [1.807, 2.05) is 17.0 Å². The minimum atomic E-state index is -0.225. The Morgan fingerprint density at radius 3 is 2.85 bits per heavy atom. The Labute approximate surface area is 158 Å². The van der Waals surface area contributed by atoms with E-state index in [0.717, 1.165) is 24.9 Å². The highest BCUT2D eigenvalue weighted by Crippen LogP contribution is 2.24. The summed E-state index contributed by atoms with van der Waals surface area (Å²) in [6, 6.07) is 11.0. The number of urea groups is 1. The molecule has 2 fully saturated rings. The van der Waals surface area contributed by atoms with Crippen molar-refractivity contribution in [2.24, 2.45) is 0 Å². The van der Waals surface area contributed by atoms with Crippen LogP contribution in [0.5, 0.6) is 0 Å². The van der Waals surface area contributed by atoms with Gasteiger partial charge in [0, 0.05) is 49.3 Å². The second-order valence-electron chi connectivity index (χ2n) is 6.96. The number of anilines is 1. The molecule has 3 N–H and O–H groups in total. The summed E-state index contributed by atoms with van der Waals surface area (Å²) in [5.74, 6) is -0.0448. The van der Waals surface area contributed by atoms with Crippen LogP contribution < -0.4 is 16.0 Å². The molecular formula is C20H23N5O2. The highest BCUT2D eigenvalue weighted by atomic mass is 16.2. The van der Waals surface area contributed by atoms with Crippen LogP contribution in [0, 0.1) is 0 Å². The van der Waals surface area contributed by atoms with Gasteiger partial charge in [-0.25, -0.2) is 4.79 Å². The summed E-state index contributed by atoms with van der Waals surface area (Å²) in [4.78, 5) is 31.2. The lowest BCUT2D eigenvalue weighted by atomic mass is 10.0. The third-order valence-electron chi connectivity index (χ3n) is 4.85. The molecule has 1 aromatic heterocycles. The van der Waals surface area contributed by atoms with Gasteiger partial charge in [0.25, 0.3) is 5.91 Å². The van der Waals surface area contributed by atoms with Gasteiger partial charge in [0.2, 0.25) is 0 Å². The van der Waals surface area contributed by atoms with Gasteiger partial charge < -0.3 is 20.9 Å². The Morgan fingerprint density at radius 2 is 2.07 bits per heavy atom. The molecule has 1 aliphatic heterocycles. The topological polar surface area (TPSA) is 86.4 Å². The van der Waals surface area contributed by atoms with Crippen LogP contribution >= 0.6 is 0 Å². The van der Waals surface area contributed by atoms with Gasteiger partial charge in [0.05, 0.1) is 6.04 Å². The Morgan fingerprint density at radius 1 is 1.19 bits per heavy atom. The number of benzene rings is 1. The van der Waals surface area contributed by atoms with Crippen molar-refractivity contribution in [3.63, 3.8) is 0 Å². The zero-order chi connectivity index (χ0) is 18.6. The average molecular weight is 365 g/mol. The summed E-state index contributed by atoms with van der Waals surface area (Å²) in [5, 5.41) is 9.04. The lowest BCUT2D eigenvalue weighted by molar-refractivity contribution is 0.0634. The van der Waals surface area contributed by atoms with Gasteiger partial charge in [-0.2, -0.15) is 0 Å². The quantitative estimate of drug-likeness (QED) is 0.775. The number of hydrogen-bond acceptors (Lipinski definition) is 4. The fourth-order valence-electron chi connectivity index (χ4n) is 3.29. The van der Waals surface area contributed by atoms with Crippen molar-refractivity contribution < 1.29 is 9.59 Å². The minimum absolute atomic E-state index is 0.0448. The Hall–Kier alpha value is -2.93. The largest absolute Gasteiger partial charge is 0.335 e. The van der Waals surface area contributed by atoms with Crippen molar-refractivity contribution >= 4 is 17.6 Å². The lowest BCUT2D eigenvalue weighted by Gasteiger charge is -2.36. The molecular weight excluding hydrogens is 342 g/mol. The molecule has 1 saturated carbocycles. The van der Waals surface area contributed by atoms with E-state index in [-0.39, 0.29) is 24.0 Å². The third-order valence-corrected chi connectivity index (χ3v) is 4.85. The number of carbonyl (C=O) groups is 2. The molecule has 0 bridgehead atoms. The van der Waals surface area contributed by atoms with Crippen LogP contribution in [0.2, 0.25) is 0 Å². The zero-order valence-electron chi connectivity index (χ0n) is 15.0. The molecule has 0 spiro atoms. The van der Waals surface area contributed by atoms with Gasteiger partial charge in [0.1, 0.15) is 0 Å². The third kappa shape index (κ3) is 4.25. The number of rotatable bonds is 4. The maximum Gasteiger partial charge on any atom is 0.319 e. The van der Waals surface area contributed by atoms with E-state index >= 15 is 0 Å². The molecule has 3 amide bonds. The number of aromatic nitrogens is 1.